The summed E-state index contributed by atoms with van der Waals surface area (Å²) < 4.78 is 10.4. The minimum absolute atomic E-state index is 0.00241. The predicted octanol–water partition coefficient (Wildman–Crippen LogP) is 2.07. The number of piperazine rings is 1. The van der Waals surface area contributed by atoms with Crippen LogP contribution >= 0.6 is 11.3 Å². The Balaban J connectivity index is 1.25. The zero-order chi connectivity index (χ0) is 24.3. The summed E-state index contributed by atoms with van der Waals surface area (Å²) in [6, 6.07) is 7.47. The second-order valence-corrected chi connectivity index (χ2v) is 10.3. The molecule has 1 unspecified atom stereocenters. The summed E-state index contributed by atoms with van der Waals surface area (Å²) in [4.78, 5) is 47.1. The van der Waals surface area contributed by atoms with E-state index in [-0.39, 0.29) is 24.2 Å². The molecule has 0 aliphatic carbocycles. The molecule has 1 atom stereocenters. The first-order chi connectivity index (χ1) is 16.2. The zero-order valence-electron chi connectivity index (χ0n) is 19.7. The molecule has 0 spiro atoms. The number of nitrogens with zero attached hydrogens (tertiary/aromatic N) is 3. The van der Waals surface area contributed by atoms with E-state index >= 15 is 0 Å². The van der Waals surface area contributed by atoms with Gasteiger partial charge in [-0.3, -0.25) is 19.3 Å². The predicted molar refractivity (Wildman–Crippen MR) is 126 cm³/mol. The SMILES string of the molecule is COc1cc(CNC(=O)c2ccc(CN3CCN(C(=O)C4CC(=O)OC4(C)C)CC3)s2)ccn1. The number of ether oxygens (including phenoxy) is 2. The third-order valence-corrected chi connectivity index (χ3v) is 7.36. The van der Waals surface area contributed by atoms with E-state index in [1.165, 1.54) is 11.3 Å². The van der Waals surface area contributed by atoms with Crippen LogP contribution in [0.25, 0.3) is 0 Å². The molecule has 2 aliphatic rings. The summed E-state index contributed by atoms with van der Waals surface area (Å²) in [5, 5.41) is 2.93. The summed E-state index contributed by atoms with van der Waals surface area (Å²) in [7, 11) is 1.56. The number of amides is 2. The van der Waals surface area contributed by atoms with Gasteiger partial charge in [-0.25, -0.2) is 4.98 Å². The number of cyclic esters (lactones) is 1. The van der Waals surface area contributed by atoms with Gasteiger partial charge in [0.05, 0.1) is 24.3 Å². The molecular weight excluding hydrogens is 456 g/mol. The highest BCUT2D eigenvalue weighted by atomic mass is 32.1. The Labute approximate surface area is 203 Å². The molecule has 2 saturated heterocycles. The molecule has 2 amide bonds. The van der Waals surface area contributed by atoms with E-state index in [0.29, 0.717) is 30.4 Å². The van der Waals surface area contributed by atoms with E-state index in [1.807, 2.05) is 23.1 Å². The Kier molecular flexibility index (Phi) is 7.18. The summed E-state index contributed by atoms with van der Waals surface area (Å²) in [6.45, 7) is 7.47. The average molecular weight is 487 g/mol. The number of aromatic nitrogens is 1. The first kappa shape index (κ1) is 24.2. The number of nitrogens with one attached hydrogen (secondary N) is 1. The monoisotopic (exact) mass is 486 g/mol. The molecule has 4 heterocycles. The van der Waals surface area contributed by atoms with Crippen LogP contribution in [0.15, 0.2) is 30.5 Å². The number of thiophene rings is 1. The molecule has 0 bridgehead atoms. The van der Waals surface area contributed by atoms with E-state index < -0.39 is 11.5 Å². The Hall–Kier alpha value is -2.98. The fourth-order valence-corrected chi connectivity index (χ4v) is 5.26. The number of esters is 1. The van der Waals surface area contributed by atoms with Crippen molar-refractivity contribution in [3.05, 3.63) is 45.8 Å². The smallest absolute Gasteiger partial charge is 0.307 e. The lowest BCUT2D eigenvalue weighted by molar-refractivity contribution is -0.149. The summed E-state index contributed by atoms with van der Waals surface area (Å²) in [6.07, 6.45) is 1.81. The van der Waals surface area contributed by atoms with Crippen molar-refractivity contribution in [3.63, 3.8) is 0 Å². The highest BCUT2D eigenvalue weighted by molar-refractivity contribution is 7.14. The van der Waals surface area contributed by atoms with E-state index in [9.17, 15) is 14.4 Å². The topological polar surface area (TPSA) is 101 Å². The molecule has 2 aromatic rings. The number of rotatable bonds is 7. The first-order valence-corrected chi connectivity index (χ1v) is 12.2. The summed E-state index contributed by atoms with van der Waals surface area (Å²) >= 11 is 1.48. The molecule has 4 rings (SSSR count). The van der Waals surface area contributed by atoms with Gasteiger partial charge in [-0.05, 0) is 37.6 Å². The van der Waals surface area contributed by atoms with Crippen LogP contribution in [0.5, 0.6) is 5.88 Å². The highest BCUT2D eigenvalue weighted by Crippen LogP contribution is 2.34. The van der Waals surface area contributed by atoms with Crippen LogP contribution in [0.4, 0.5) is 0 Å². The van der Waals surface area contributed by atoms with Gasteiger partial charge in [-0.1, -0.05) is 0 Å². The van der Waals surface area contributed by atoms with Crippen molar-refractivity contribution in [2.75, 3.05) is 33.3 Å². The Morgan fingerprint density at radius 1 is 1.24 bits per heavy atom. The normalized spacial score (nSPS) is 20.1. The number of hydrogen-bond donors (Lipinski definition) is 1. The number of pyridine rings is 1. The molecule has 182 valence electrons. The molecule has 2 aromatic heterocycles. The van der Waals surface area contributed by atoms with Crippen LogP contribution < -0.4 is 10.1 Å². The van der Waals surface area contributed by atoms with Crippen LogP contribution in [0.3, 0.4) is 0 Å². The van der Waals surface area contributed by atoms with Gasteiger partial charge in [-0.15, -0.1) is 11.3 Å². The van der Waals surface area contributed by atoms with Crippen LogP contribution in [0, 0.1) is 5.92 Å². The van der Waals surface area contributed by atoms with Crippen LogP contribution in [-0.2, 0) is 27.4 Å². The lowest BCUT2D eigenvalue weighted by Crippen LogP contribution is -2.52. The maximum absolute atomic E-state index is 12.9. The number of methoxy groups -OCH3 is 1. The second kappa shape index (κ2) is 10.1. The molecule has 10 heteroatoms. The van der Waals surface area contributed by atoms with Crippen molar-refractivity contribution in [1.82, 2.24) is 20.1 Å². The van der Waals surface area contributed by atoms with Gasteiger partial charge in [0.2, 0.25) is 11.8 Å². The highest BCUT2D eigenvalue weighted by Gasteiger charge is 2.47. The molecule has 0 radical (unpaired) electrons. The summed E-state index contributed by atoms with van der Waals surface area (Å²) in [5.41, 5.74) is 0.171. The number of carbonyl (C=O) groups excluding carboxylic acids is 3. The van der Waals surface area contributed by atoms with Gasteiger partial charge < -0.3 is 19.7 Å². The standard InChI is InChI=1S/C24H30N4O5S/c1-24(2)18(13-21(29)33-24)23(31)28-10-8-27(9-11-28)15-17-4-5-19(34-17)22(30)26-14-16-6-7-25-20(12-16)32-3/h4-7,12,18H,8-11,13-15H2,1-3H3,(H,26,30). The van der Waals surface area contributed by atoms with Gasteiger partial charge in [-0.2, -0.15) is 0 Å². The molecule has 2 aliphatic heterocycles. The van der Waals surface area contributed by atoms with Gasteiger partial charge in [0.15, 0.2) is 0 Å². The van der Waals surface area contributed by atoms with Crippen molar-refractivity contribution >= 4 is 29.1 Å². The lowest BCUT2D eigenvalue weighted by atomic mass is 9.89. The van der Waals surface area contributed by atoms with Gasteiger partial charge in [0.25, 0.3) is 5.91 Å². The minimum Gasteiger partial charge on any atom is -0.481 e. The Morgan fingerprint density at radius 3 is 2.68 bits per heavy atom. The Morgan fingerprint density at radius 2 is 2.00 bits per heavy atom. The zero-order valence-corrected chi connectivity index (χ0v) is 20.5. The molecular formula is C24H30N4O5S. The third kappa shape index (κ3) is 5.56. The molecule has 9 nitrogen and oxygen atoms in total. The quantitative estimate of drug-likeness (QED) is 0.598. The maximum Gasteiger partial charge on any atom is 0.307 e. The van der Waals surface area contributed by atoms with Crippen molar-refractivity contribution in [2.45, 2.75) is 39.0 Å². The fourth-order valence-electron chi connectivity index (χ4n) is 4.30. The fraction of sp³-hybridized carbons (Fsp3) is 0.500. The first-order valence-electron chi connectivity index (χ1n) is 11.3. The van der Waals surface area contributed by atoms with E-state index in [2.05, 4.69) is 15.2 Å². The van der Waals surface area contributed by atoms with Crippen LogP contribution in [0.1, 0.15) is 40.4 Å². The molecule has 1 N–H and O–H groups in total. The van der Waals surface area contributed by atoms with E-state index in [4.69, 9.17) is 9.47 Å². The van der Waals surface area contributed by atoms with Gasteiger partial charge in [0, 0.05) is 56.4 Å². The Bertz CT molecular complexity index is 1060. The van der Waals surface area contributed by atoms with E-state index in [0.717, 1.165) is 30.1 Å². The van der Waals surface area contributed by atoms with Crippen LogP contribution in [0.2, 0.25) is 0 Å². The second-order valence-electron chi connectivity index (χ2n) is 9.09. The van der Waals surface area contributed by atoms with Crippen LogP contribution in [-0.4, -0.2) is 71.5 Å². The van der Waals surface area contributed by atoms with E-state index in [1.54, 1.807) is 33.2 Å². The largest absolute Gasteiger partial charge is 0.481 e. The summed E-state index contributed by atoms with van der Waals surface area (Å²) in [5.74, 6) is -0.324. The number of hydrogen-bond acceptors (Lipinski definition) is 8. The van der Waals surface area contributed by atoms with Crippen molar-refractivity contribution in [3.8, 4) is 5.88 Å². The molecule has 0 aromatic carbocycles. The third-order valence-electron chi connectivity index (χ3n) is 6.30. The van der Waals surface area contributed by atoms with Crippen molar-refractivity contribution < 1.29 is 23.9 Å². The molecule has 34 heavy (non-hydrogen) atoms. The average Bonchev–Trinajstić information content (AvgIpc) is 3.40. The van der Waals surface area contributed by atoms with Crippen molar-refractivity contribution in [2.24, 2.45) is 5.92 Å². The van der Waals surface area contributed by atoms with Gasteiger partial charge in [0.1, 0.15) is 5.60 Å². The van der Waals surface area contributed by atoms with Gasteiger partial charge >= 0.3 is 5.97 Å². The lowest BCUT2D eigenvalue weighted by Gasteiger charge is -2.37. The molecule has 0 saturated carbocycles. The minimum atomic E-state index is -0.747. The number of carbonyl (C=O) groups is 3. The molecule has 2 fully saturated rings. The van der Waals surface area contributed by atoms with Crippen molar-refractivity contribution in [1.29, 1.82) is 0 Å². The maximum atomic E-state index is 12.9.